The van der Waals surface area contributed by atoms with Crippen molar-refractivity contribution in [2.24, 2.45) is 0 Å². The highest BCUT2D eigenvalue weighted by Gasteiger charge is 2.35. The van der Waals surface area contributed by atoms with Gasteiger partial charge in [0.25, 0.3) is 0 Å². The smallest absolute Gasteiger partial charge is 0.243 e. The second-order valence-corrected chi connectivity index (χ2v) is 11.2. The molecule has 5 rings (SSSR count). The van der Waals surface area contributed by atoms with E-state index in [1.807, 2.05) is 55.5 Å². The van der Waals surface area contributed by atoms with E-state index in [2.05, 4.69) is 15.2 Å². The summed E-state index contributed by atoms with van der Waals surface area (Å²) in [5.41, 5.74) is 4.23. The normalized spacial score (nSPS) is 15.1. The molecular weight excluding hydrogens is 474 g/mol. The van der Waals surface area contributed by atoms with Crippen LogP contribution in [0.1, 0.15) is 11.1 Å². The molecule has 1 aromatic heterocycles. The van der Waals surface area contributed by atoms with Crippen molar-refractivity contribution in [3.8, 4) is 0 Å². The number of amides is 1. The lowest BCUT2D eigenvalue weighted by molar-refractivity contribution is -0.115. The number of rotatable bonds is 7. The highest BCUT2D eigenvalue weighted by Crippen LogP contribution is 2.26. The summed E-state index contributed by atoms with van der Waals surface area (Å²) in [5, 5.41) is 2.46. The van der Waals surface area contributed by atoms with Gasteiger partial charge < -0.3 is 19.9 Å². The monoisotopic (exact) mass is 503 g/mol. The van der Waals surface area contributed by atoms with Crippen molar-refractivity contribution in [1.29, 1.82) is 0 Å². The Kier molecular flexibility index (Phi) is 6.80. The molecule has 1 aliphatic heterocycles. The number of anilines is 2. The molecule has 7 nitrogen and oxygen atoms in total. The molecule has 1 aliphatic rings. The van der Waals surface area contributed by atoms with Crippen molar-refractivity contribution in [2.45, 2.75) is 23.5 Å². The number of nitrogens with zero attached hydrogens (tertiary/aromatic N) is 1. The highest BCUT2D eigenvalue weighted by atomic mass is 32.2. The van der Waals surface area contributed by atoms with Crippen LogP contribution in [0.2, 0.25) is 0 Å². The summed E-state index contributed by atoms with van der Waals surface area (Å²) in [5.74, 6) is -0.556. The molecular formula is C28H29N3O4S. The minimum Gasteiger partial charge on any atom is -0.378 e. The number of carbonyl (C=O) groups is 1. The van der Waals surface area contributed by atoms with Crippen LogP contribution in [0, 0.1) is 6.92 Å². The van der Waals surface area contributed by atoms with E-state index in [1.54, 1.807) is 30.5 Å². The fraction of sp³-hybridized carbons (Fsp3) is 0.250. The van der Waals surface area contributed by atoms with Crippen LogP contribution in [0.3, 0.4) is 0 Å². The zero-order valence-corrected chi connectivity index (χ0v) is 20.9. The van der Waals surface area contributed by atoms with E-state index in [9.17, 15) is 13.2 Å². The SMILES string of the molecule is Cc1ccc(S(=O)(=O)[C@H](Cc2c[nH]c3ccccc23)C(=O)Nc2ccc(N3CCOCC3)cc2)cc1. The molecule has 2 heterocycles. The Morgan fingerprint density at radius 2 is 1.69 bits per heavy atom. The number of morpholine rings is 1. The molecule has 3 aromatic carbocycles. The predicted molar refractivity (Wildman–Crippen MR) is 142 cm³/mol. The molecule has 0 saturated carbocycles. The van der Waals surface area contributed by atoms with E-state index < -0.39 is 21.0 Å². The zero-order valence-electron chi connectivity index (χ0n) is 20.1. The van der Waals surface area contributed by atoms with E-state index >= 15 is 0 Å². The van der Waals surface area contributed by atoms with Crippen LogP contribution in [-0.2, 0) is 25.8 Å². The number of fused-ring (bicyclic) bond motifs is 1. The molecule has 1 atom stereocenters. The summed E-state index contributed by atoms with van der Waals surface area (Å²) in [4.78, 5) is 19.1. The summed E-state index contributed by atoms with van der Waals surface area (Å²) >= 11 is 0. The molecule has 1 fully saturated rings. The van der Waals surface area contributed by atoms with Crippen LogP contribution in [0.15, 0.2) is 83.9 Å². The van der Waals surface area contributed by atoms with Gasteiger partial charge in [0.15, 0.2) is 9.84 Å². The Morgan fingerprint density at radius 3 is 2.42 bits per heavy atom. The maximum Gasteiger partial charge on any atom is 0.243 e. The lowest BCUT2D eigenvalue weighted by atomic mass is 10.1. The van der Waals surface area contributed by atoms with Gasteiger partial charge in [0.05, 0.1) is 18.1 Å². The fourth-order valence-electron chi connectivity index (χ4n) is 4.54. The number of H-pyrrole nitrogens is 1. The van der Waals surface area contributed by atoms with Gasteiger partial charge in [0.2, 0.25) is 5.91 Å². The first-order valence-electron chi connectivity index (χ1n) is 12.0. The summed E-state index contributed by atoms with van der Waals surface area (Å²) in [6.45, 7) is 4.89. The van der Waals surface area contributed by atoms with Crippen molar-refractivity contribution in [1.82, 2.24) is 4.98 Å². The summed E-state index contributed by atoms with van der Waals surface area (Å²) in [6, 6.07) is 21.8. The summed E-state index contributed by atoms with van der Waals surface area (Å²) in [7, 11) is -3.96. The number of nitrogens with one attached hydrogen (secondary N) is 2. The topological polar surface area (TPSA) is 91.5 Å². The summed E-state index contributed by atoms with van der Waals surface area (Å²) in [6.07, 6.45) is 1.84. The first-order chi connectivity index (χ1) is 17.4. The third-order valence-electron chi connectivity index (χ3n) is 6.61. The van der Waals surface area contributed by atoms with Gasteiger partial charge in [0.1, 0.15) is 5.25 Å². The number of aromatic nitrogens is 1. The van der Waals surface area contributed by atoms with Crippen molar-refractivity contribution < 1.29 is 17.9 Å². The minimum atomic E-state index is -3.96. The van der Waals surface area contributed by atoms with Crippen LogP contribution in [-0.4, -0.2) is 50.9 Å². The van der Waals surface area contributed by atoms with Crippen LogP contribution < -0.4 is 10.2 Å². The molecule has 0 radical (unpaired) electrons. The average molecular weight is 504 g/mol. The number of sulfone groups is 1. The molecule has 0 bridgehead atoms. The van der Waals surface area contributed by atoms with Crippen molar-refractivity contribution >= 4 is 38.0 Å². The van der Waals surface area contributed by atoms with Crippen molar-refractivity contribution in [2.75, 3.05) is 36.5 Å². The quantitative estimate of drug-likeness (QED) is 0.392. The molecule has 8 heteroatoms. The number of hydrogen-bond donors (Lipinski definition) is 2. The van der Waals surface area contributed by atoms with E-state index in [0.717, 1.165) is 40.8 Å². The molecule has 4 aromatic rings. The van der Waals surface area contributed by atoms with Gasteiger partial charge in [-0.25, -0.2) is 8.42 Å². The number of ether oxygens (including phenoxy) is 1. The first-order valence-corrected chi connectivity index (χ1v) is 13.6. The Labute approximate surface area is 211 Å². The number of carbonyl (C=O) groups excluding carboxylic acids is 1. The molecule has 36 heavy (non-hydrogen) atoms. The van der Waals surface area contributed by atoms with Gasteiger partial charge >= 0.3 is 0 Å². The Balaban J connectivity index is 1.43. The van der Waals surface area contributed by atoms with Crippen LogP contribution in [0.4, 0.5) is 11.4 Å². The number of benzene rings is 3. The lowest BCUT2D eigenvalue weighted by Crippen LogP contribution is -2.37. The second-order valence-electron chi connectivity index (χ2n) is 9.05. The highest BCUT2D eigenvalue weighted by molar-refractivity contribution is 7.92. The molecule has 0 spiro atoms. The predicted octanol–water partition coefficient (Wildman–Crippen LogP) is 4.34. The Bertz CT molecular complexity index is 1450. The Hall–Kier alpha value is -3.62. The number of aromatic amines is 1. The molecule has 1 saturated heterocycles. The van der Waals surface area contributed by atoms with Crippen LogP contribution >= 0.6 is 0 Å². The van der Waals surface area contributed by atoms with E-state index in [1.165, 1.54) is 0 Å². The number of hydrogen-bond acceptors (Lipinski definition) is 5. The van der Waals surface area contributed by atoms with Crippen LogP contribution in [0.25, 0.3) is 10.9 Å². The molecule has 2 N–H and O–H groups in total. The molecule has 0 aliphatic carbocycles. The number of para-hydroxylation sites is 1. The van der Waals surface area contributed by atoms with E-state index in [0.29, 0.717) is 18.9 Å². The summed E-state index contributed by atoms with van der Waals surface area (Å²) < 4.78 is 32.8. The fourth-order valence-corrected chi connectivity index (χ4v) is 6.12. The second kappa shape index (κ2) is 10.2. The van der Waals surface area contributed by atoms with E-state index in [4.69, 9.17) is 4.74 Å². The van der Waals surface area contributed by atoms with Crippen LogP contribution in [0.5, 0.6) is 0 Å². The van der Waals surface area contributed by atoms with E-state index in [-0.39, 0.29) is 11.3 Å². The van der Waals surface area contributed by atoms with Gasteiger partial charge in [-0.05, 0) is 55.0 Å². The first kappa shape index (κ1) is 24.1. The van der Waals surface area contributed by atoms with Gasteiger partial charge in [-0.2, -0.15) is 0 Å². The average Bonchev–Trinajstić information content (AvgIpc) is 3.31. The lowest BCUT2D eigenvalue weighted by Gasteiger charge is -2.29. The van der Waals surface area contributed by atoms with Gasteiger partial charge in [-0.1, -0.05) is 35.9 Å². The standard InChI is InChI=1S/C28H29N3O4S/c1-20-6-12-24(13-7-20)36(33,34)27(18-21-19-29-26-5-3-2-4-25(21)26)28(32)30-22-8-10-23(11-9-22)31-14-16-35-17-15-31/h2-13,19,27,29H,14-18H2,1H3,(H,30,32)/t27-/m1/s1. The van der Waals surface area contributed by atoms with Crippen molar-refractivity contribution in [3.05, 3.63) is 90.1 Å². The van der Waals surface area contributed by atoms with Gasteiger partial charge in [-0.3, -0.25) is 4.79 Å². The van der Waals surface area contributed by atoms with Gasteiger partial charge in [-0.15, -0.1) is 0 Å². The zero-order chi connectivity index (χ0) is 25.1. The largest absolute Gasteiger partial charge is 0.378 e. The maximum absolute atomic E-state index is 13.7. The molecule has 1 amide bonds. The number of aryl methyl sites for hydroxylation is 1. The van der Waals surface area contributed by atoms with Gasteiger partial charge in [0, 0.05) is 48.0 Å². The minimum absolute atomic E-state index is 0.0535. The maximum atomic E-state index is 13.7. The van der Waals surface area contributed by atoms with Crippen molar-refractivity contribution in [3.63, 3.8) is 0 Å². The molecule has 186 valence electrons. The molecule has 0 unspecified atom stereocenters. The third-order valence-corrected chi connectivity index (χ3v) is 8.67. The Morgan fingerprint density at radius 1 is 1.00 bits per heavy atom. The third kappa shape index (κ3) is 5.01.